The highest BCUT2D eigenvalue weighted by Crippen LogP contribution is 2.32. The average Bonchev–Trinajstić information content (AvgIpc) is 2.71. The molecule has 0 saturated carbocycles. The van der Waals surface area contributed by atoms with E-state index in [0.717, 1.165) is 30.7 Å². The minimum absolute atomic E-state index is 0.0105. The molecule has 1 saturated heterocycles. The van der Waals surface area contributed by atoms with E-state index in [0.29, 0.717) is 11.7 Å². The number of halogens is 1. The number of hydrogen-bond acceptors (Lipinski definition) is 5. The van der Waals surface area contributed by atoms with Crippen molar-refractivity contribution < 1.29 is 14.7 Å². The Hall–Kier alpha value is -1.34. The third kappa shape index (κ3) is 2.56. The molecule has 0 aliphatic carbocycles. The normalized spacial score (nSPS) is 19.8. The molecule has 0 aromatic carbocycles. The van der Waals surface area contributed by atoms with E-state index in [1.165, 1.54) is 0 Å². The molecule has 8 heteroatoms. The predicted octanol–water partition coefficient (Wildman–Crippen LogP) is 1.20. The van der Waals surface area contributed by atoms with Crippen LogP contribution >= 0.6 is 22.9 Å². The number of carboxylic acids is 1. The number of amides is 1. The molecule has 3 N–H and O–H groups in total. The molecule has 1 aliphatic heterocycles. The Labute approximate surface area is 112 Å². The molecule has 1 aromatic heterocycles. The highest BCUT2D eigenvalue weighted by molar-refractivity contribution is 7.18. The number of aromatic carboxylic acids is 1. The highest BCUT2D eigenvalue weighted by atomic mass is 35.5. The second kappa shape index (κ2) is 5.11. The maximum absolute atomic E-state index is 11.2. The van der Waals surface area contributed by atoms with Gasteiger partial charge in [-0.1, -0.05) is 22.9 Å². The van der Waals surface area contributed by atoms with E-state index in [9.17, 15) is 9.59 Å². The van der Waals surface area contributed by atoms with Crippen molar-refractivity contribution in [3.05, 3.63) is 10.0 Å². The number of primary amides is 1. The van der Waals surface area contributed by atoms with Gasteiger partial charge in [0.15, 0.2) is 15.2 Å². The number of carboxylic acid groups (broad SMARTS) is 1. The summed E-state index contributed by atoms with van der Waals surface area (Å²) in [4.78, 5) is 28.0. The number of aromatic nitrogens is 1. The highest BCUT2D eigenvalue weighted by Gasteiger charge is 2.27. The molecule has 0 bridgehead atoms. The first-order valence-electron chi connectivity index (χ1n) is 5.43. The Kier molecular flexibility index (Phi) is 3.72. The van der Waals surface area contributed by atoms with Crippen LogP contribution in [-0.4, -0.2) is 35.1 Å². The molecule has 1 aliphatic rings. The SMILES string of the molecule is NC(=O)C1CCCN(c2nc(Cl)c(C(=O)O)s2)C1. The Balaban J connectivity index is 2.18. The molecule has 98 valence electrons. The topological polar surface area (TPSA) is 96.5 Å². The number of piperidine rings is 1. The third-order valence-corrected chi connectivity index (χ3v) is 4.35. The minimum Gasteiger partial charge on any atom is -0.477 e. The second-order valence-corrected chi connectivity index (χ2v) is 5.44. The lowest BCUT2D eigenvalue weighted by Gasteiger charge is -2.30. The standard InChI is InChI=1S/C10H12ClN3O3S/c11-7-6(9(16)17)18-10(13-7)14-3-1-2-5(4-14)8(12)15/h5H,1-4H2,(H2,12,15)(H,16,17). The molecule has 2 rings (SSSR count). The van der Waals surface area contributed by atoms with E-state index in [4.69, 9.17) is 22.4 Å². The van der Waals surface area contributed by atoms with Crippen molar-refractivity contribution in [1.82, 2.24) is 4.98 Å². The smallest absolute Gasteiger partial charge is 0.349 e. The van der Waals surface area contributed by atoms with Crippen LogP contribution in [0.2, 0.25) is 5.15 Å². The number of nitrogens with two attached hydrogens (primary N) is 1. The van der Waals surface area contributed by atoms with Crippen molar-refractivity contribution in [2.24, 2.45) is 11.7 Å². The van der Waals surface area contributed by atoms with Gasteiger partial charge in [0.2, 0.25) is 5.91 Å². The summed E-state index contributed by atoms with van der Waals surface area (Å²) >= 11 is 6.78. The Morgan fingerprint density at radius 2 is 2.28 bits per heavy atom. The molecule has 6 nitrogen and oxygen atoms in total. The zero-order valence-electron chi connectivity index (χ0n) is 9.43. The summed E-state index contributed by atoms with van der Waals surface area (Å²) in [5, 5.41) is 9.43. The molecule has 1 atom stereocenters. The molecule has 1 aromatic rings. The zero-order chi connectivity index (χ0) is 13.3. The average molecular weight is 290 g/mol. The van der Waals surface area contributed by atoms with Crippen LogP contribution in [0, 0.1) is 5.92 Å². The summed E-state index contributed by atoms with van der Waals surface area (Å²) in [7, 11) is 0. The summed E-state index contributed by atoms with van der Waals surface area (Å²) < 4.78 is 0. The van der Waals surface area contributed by atoms with Gasteiger partial charge in [-0.15, -0.1) is 0 Å². The van der Waals surface area contributed by atoms with E-state index in [-0.39, 0.29) is 21.9 Å². The first-order chi connectivity index (χ1) is 8.49. The van der Waals surface area contributed by atoms with Crippen molar-refractivity contribution in [2.45, 2.75) is 12.8 Å². The molecular formula is C10H12ClN3O3S. The quantitative estimate of drug-likeness (QED) is 0.871. The van der Waals surface area contributed by atoms with Gasteiger partial charge in [-0.05, 0) is 12.8 Å². The van der Waals surface area contributed by atoms with E-state index in [1.807, 2.05) is 4.90 Å². The summed E-state index contributed by atoms with van der Waals surface area (Å²) in [5.74, 6) is -1.64. The fourth-order valence-corrected chi connectivity index (χ4v) is 3.10. The van der Waals surface area contributed by atoms with Crippen molar-refractivity contribution >= 4 is 39.9 Å². The van der Waals surface area contributed by atoms with Crippen LogP contribution in [0.1, 0.15) is 22.5 Å². The van der Waals surface area contributed by atoms with Gasteiger partial charge in [0.05, 0.1) is 5.92 Å². The number of nitrogens with zero attached hydrogens (tertiary/aromatic N) is 2. The van der Waals surface area contributed by atoms with Crippen LogP contribution in [-0.2, 0) is 4.79 Å². The van der Waals surface area contributed by atoms with Gasteiger partial charge < -0.3 is 15.7 Å². The summed E-state index contributed by atoms with van der Waals surface area (Å²) in [5.41, 5.74) is 5.29. The number of anilines is 1. The van der Waals surface area contributed by atoms with Crippen LogP contribution in [0.3, 0.4) is 0 Å². The van der Waals surface area contributed by atoms with Gasteiger partial charge in [0.25, 0.3) is 0 Å². The Bertz CT molecular complexity index is 491. The predicted molar refractivity (Wildman–Crippen MR) is 68.2 cm³/mol. The van der Waals surface area contributed by atoms with Crippen molar-refractivity contribution in [2.75, 3.05) is 18.0 Å². The van der Waals surface area contributed by atoms with Gasteiger partial charge in [0.1, 0.15) is 0 Å². The van der Waals surface area contributed by atoms with Gasteiger partial charge in [0, 0.05) is 13.1 Å². The Morgan fingerprint density at radius 3 is 2.83 bits per heavy atom. The third-order valence-electron chi connectivity index (χ3n) is 2.86. The maximum Gasteiger partial charge on any atom is 0.349 e. The fourth-order valence-electron chi connectivity index (χ4n) is 1.94. The van der Waals surface area contributed by atoms with Crippen molar-refractivity contribution in [3.63, 3.8) is 0 Å². The molecule has 0 radical (unpaired) electrons. The molecule has 2 heterocycles. The van der Waals surface area contributed by atoms with Gasteiger partial charge in [-0.25, -0.2) is 9.78 Å². The summed E-state index contributed by atoms with van der Waals surface area (Å²) in [6.07, 6.45) is 1.59. The van der Waals surface area contributed by atoms with E-state index in [1.54, 1.807) is 0 Å². The molecule has 1 amide bonds. The number of hydrogen-bond donors (Lipinski definition) is 2. The van der Waals surface area contributed by atoms with Gasteiger partial charge >= 0.3 is 5.97 Å². The van der Waals surface area contributed by atoms with E-state index < -0.39 is 5.97 Å². The van der Waals surface area contributed by atoms with Crippen LogP contribution in [0.4, 0.5) is 5.13 Å². The molecule has 1 fully saturated rings. The first-order valence-corrected chi connectivity index (χ1v) is 6.62. The van der Waals surface area contributed by atoms with E-state index in [2.05, 4.69) is 4.98 Å². The monoisotopic (exact) mass is 289 g/mol. The zero-order valence-corrected chi connectivity index (χ0v) is 11.0. The minimum atomic E-state index is -1.09. The first kappa shape index (κ1) is 13.1. The number of carbonyl (C=O) groups is 2. The summed E-state index contributed by atoms with van der Waals surface area (Å²) in [6.45, 7) is 1.20. The van der Waals surface area contributed by atoms with Crippen molar-refractivity contribution in [3.8, 4) is 0 Å². The van der Waals surface area contributed by atoms with Crippen molar-refractivity contribution in [1.29, 1.82) is 0 Å². The maximum atomic E-state index is 11.2. The molecular weight excluding hydrogens is 278 g/mol. The largest absolute Gasteiger partial charge is 0.477 e. The van der Waals surface area contributed by atoms with E-state index >= 15 is 0 Å². The van der Waals surface area contributed by atoms with Crippen LogP contribution in [0.15, 0.2) is 0 Å². The lowest BCUT2D eigenvalue weighted by Crippen LogP contribution is -2.41. The molecule has 1 unspecified atom stereocenters. The van der Waals surface area contributed by atoms with Crippen LogP contribution in [0.25, 0.3) is 0 Å². The number of rotatable bonds is 3. The summed E-state index contributed by atoms with van der Waals surface area (Å²) in [6, 6.07) is 0. The number of thiazole rings is 1. The molecule has 0 spiro atoms. The molecule has 18 heavy (non-hydrogen) atoms. The Morgan fingerprint density at radius 1 is 1.56 bits per heavy atom. The fraction of sp³-hybridized carbons (Fsp3) is 0.500. The lowest BCUT2D eigenvalue weighted by atomic mass is 9.98. The second-order valence-electron chi connectivity index (χ2n) is 4.11. The lowest BCUT2D eigenvalue weighted by molar-refractivity contribution is -0.122. The number of carbonyl (C=O) groups excluding carboxylic acids is 1. The van der Waals surface area contributed by atoms with Crippen LogP contribution in [0.5, 0.6) is 0 Å². The van der Waals surface area contributed by atoms with Crippen LogP contribution < -0.4 is 10.6 Å². The van der Waals surface area contributed by atoms with Gasteiger partial charge in [-0.2, -0.15) is 0 Å². The van der Waals surface area contributed by atoms with Gasteiger partial charge in [-0.3, -0.25) is 4.79 Å².